The van der Waals surface area contributed by atoms with Gasteiger partial charge in [-0.3, -0.25) is 9.36 Å². The van der Waals surface area contributed by atoms with Crippen LogP contribution in [0, 0.1) is 5.82 Å². The Bertz CT molecular complexity index is 1060. The Morgan fingerprint density at radius 1 is 1.11 bits per heavy atom. The summed E-state index contributed by atoms with van der Waals surface area (Å²) in [5, 5.41) is 11.2. The molecule has 1 heterocycles. The number of rotatable bonds is 6. The summed E-state index contributed by atoms with van der Waals surface area (Å²) in [6, 6.07) is 11.9. The first-order valence-electron chi connectivity index (χ1n) is 9.41. The van der Waals surface area contributed by atoms with Crippen molar-refractivity contribution >= 4 is 14.5 Å². The maximum Gasteiger partial charge on any atom is 0.257 e. The van der Waals surface area contributed by atoms with Crippen molar-refractivity contribution in [2.24, 2.45) is 0 Å². The molecule has 0 fully saturated rings. The highest BCUT2D eigenvalue weighted by atomic mass is 31.0. The van der Waals surface area contributed by atoms with Gasteiger partial charge in [-0.25, -0.2) is 9.37 Å². The third-order valence-electron chi connectivity index (χ3n) is 4.91. The average molecular weight is 398 g/mol. The van der Waals surface area contributed by atoms with Crippen LogP contribution in [0.2, 0.25) is 0 Å². The number of hydrogen-bond donors (Lipinski definition) is 1. The molecule has 4 nitrogen and oxygen atoms in total. The summed E-state index contributed by atoms with van der Waals surface area (Å²) in [7, 11) is 2.48. The molecule has 0 amide bonds. The zero-order valence-corrected chi connectivity index (χ0v) is 17.2. The maximum absolute atomic E-state index is 14.1. The summed E-state index contributed by atoms with van der Waals surface area (Å²) in [6.07, 6.45) is 1.56. The zero-order valence-electron chi connectivity index (χ0n) is 16.1. The Hall–Kier alpha value is -2.52. The number of phenols is 1. The van der Waals surface area contributed by atoms with Crippen molar-refractivity contribution in [3.8, 4) is 17.1 Å². The monoisotopic (exact) mass is 398 g/mol. The van der Waals surface area contributed by atoms with Crippen LogP contribution in [0.1, 0.15) is 30.7 Å². The molecule has 0 saturated carbocycles. The van der Waals surface area contributed by atoms with E-state index in [2.05, 4.69) is 9.24 Å². The first-order valence-corrected chi connectivity index (χ1v) is 9.99. The van der Waals surface area contributed by atoms with E-state index < -0.39 is 0 Å². The molecular formula is C22H24FN2O2P. The van der Waals surface area contributed by atoms with Crippen LogP contribution in [-0.2, 0) is 25.8 Å². The van der Waals surface area contributed by atoms with Crippen LogP contribution in [0.25, 0.3) is 11.4 Å². The number of benzene rings is 2. The third kappa shape index (κ3) is 3.85. The molecule has 0 aliphatic rings. The molecule has 0 bridgehead atoms. The number of nitrogens with zero attached hydrogens (tertiary/aromatic N) is 2. The zero-order chi connectivity index (χ0) is 20.3. The highest BCUT2D eigenvalue weighted by Crippen LogP contribution is 2.27. The fourth-order valence-corrected chi connectivity index (χ4v) is 3.64. The summed E-state index contributed by atoms with van der Waals surface area (Å²) in [5.74, 6) is 0.197. The minimum atomic E-state index is -0.291. The van der Waals surface area contributed by atoms with Crippen molar-refractivity contribution in [3.05, 3.63) is 75.5 Å². The summed E-state index contributed by atoms with van der Waals surface area (Å²) in [5.41, 5.74) is 2.31. The number of hydrogen-bond acceptors (Lipinski definition) is 3. The molecule has 28 heavy (non-hydrogen) atoms. The lowest BCUT2D eigenvalue weighted by Crippen LogP contribution is -2.29. The molecule has 3 aromatic rings. The molecule has 1 unspecified atom stereocenters. The van der Waals surface area contributed by atoms with Gasteiger partial charge in [-0.2, -0.15) is 0 Å². The van der Waals surface area contributed by atoms with E-state index in [0.29, 0.717) is 47.1 Å². The first-order chi connectivity index (χ1) is 13.5. The number of para-hydroxylation sites is 1. The second kappa shape index (κ2) is 8.66. The number of aromatic hydroxyl groups is 1. The Morgan fingerprint density at radius 3 is 2.54 bits per heavy atom. The van der Waals surface area contributed by atoms with Crippen molar-refractivity contribution in [1.82, 2.24) is 9.55 Å². The van der Waals surface area contributed by atoms with E-state index in [1.165, 1.54) is 6.07 Å². The average Bonchev–Trinajstić information content (AvgIpc) is 2.69. The Labute approximate surface area is 166 Å². The Morgan fingerprint density at radius 2 is 1.86 bits per heavy atom. The molecule has 1 N–H and O–H groups in total. The predicted molar refractivity (Wildman–Crippen MR) is 114 cm³/mol. The molecule has 0 aliphatic heterocycles. The van der Waals surface area contributed by atoms with Gasteiger partial charge in [0.25, 0.3) is 5.56 Å². The topological polar surface area (TPSA) is 55.1 Å². The van der Waals surface area contributed by atoms with Crippen LogP contribution in [0.4, 0.5) is 4.39 Å². The molecule has 0 radical (unpaired) electrons. The third-order valence-corrected chi connectivity index (χ3v) is 5.37. The summed E-state index contributed by atoms with van der Waals surface area (Å²) < 4.78 is 15.6. The molecule has 0 saturated heterocycles. The van der Waals surface area contributed by atoms with Crippen LogP contribution in [0.3, 0.4) is 0 Å². The number of aromatic nitrogens is 2. The van der Waals surface area contributed by atoms with Crippen LogP contribution < -0.4 is 10.9 Å². The summed E-state index contributed by atoms with van der Waals surface area (Å²) in [4.78, 5) is 17.9. The van der Waals surface area contributed by atoms with Gasteiger partial charge < -0.3 is 5.11 Å². The summed E-state index contributed by atoms with van der Waals surface area (Å²) in [6.45, 7) is 4.17. The molecule has 146 valence electrons. The van der Waals surface area contributed by atoms with Crippen LogP contribution in [0.15, 0.2) is 47.3 Å². The van der Waals surface area contributed by atoms with Gasteiger partial charge in [-0.05, 0) is 37.0 Å². The molecule has 1 atom stereocenters. The first kappa shape index (κ1) is 20.2. The van der Waals surface area contributed by atoms with E-state index in [9.17, 15) is 14.3 Å². The van der Waals surface area contributed by atoms with Crippen LogP contribution in [0.5, 0.6) is 5.75 Å². The SMILES string of the molecule is CCc1nc(-c2cccc(P)c2O)n(CCc2ccccc2F)c(=O)c1CC. The van der Waals surface area contributed by atoms with Gasteiger partial charge in [-0.1, -0.05) is 44.2 Å². The van der Waals surface area contributed by atoms with Crippen molar-refractivity contribution in [2.75, 3.05) is 0 Å². The standard InChI is InChI=1S/C22H24FN2O2P/c1-3-15-18(4-2)24-21(16-9-7-11-19(28)20(16)26)25(22(15)27)13-12-14-8-5-6-10-17(14)23/h5-11,26H,3-4,12-13,28H2,1-2H3. The van der Waals surface area contributed by atoms with Crippen molar-refractivity contribution in [1.29, 1.82) is 0 Å². The fourth-order valence-electron chi connectivity index (χ4n) is 3.37. The maximum atomic E-state index is 14.1. The fraction of sp³-hybridized carbons (Fsp3) is 0.273. The Kier molecular flexibility index (Phi) is 6.25. The minimum Gasteiger partial charge on any atom is -0.507 e. The van der Waals surface area contributed by atoms with Crippen LogP contribution >= 0.6 is 9.24 Å². The van der Waals surface area contributed by atoms with Gasteiger partial charge in [0.05, 0.1) is 11.3 Å². The predicted octanol–water partition coefficient (Wildman–Crippen LogP) is 3.62. The normalized spacial score (nSPS) is 11.0. The molecule has 0 aliphatic carbocycles. The smallest absolute Gasteiger partial charge is 0.257 e. The Balaban J connectivity index is 2.17. The van der Waals surface area contributed by atoms with Gasteiger partial charge >= 0.3 is 0 Å². The molecule has 3 rings (SSSR count). The largest absolute Gasteiger partial charge is 0.507 e. The molecule has 2 aromatic carbocycles. The minimum absolute atomic E-state index is 0.0744. The number of halogens is 1. The lowest BCUT2D eigenvalue weighted by Gasteiger charge is -2.18. The van der Waals surface area contributed by atoms with Gasteiger partial charge in [0.15, 0.2) is 0 Å². The van der Waals surface area contributed by atoms with E-state index in [0.717, 1.165) is 5.69 Å². The van der Waals surface area contributed by atoms with Gasteiger partial charge in [0, 0.05) is 17.4 Å². The van der Waals surface area contributed by atoms with Crippen molar-refractivity contribution < 1.29 is 9.50 Å². The van der Waals surface area contributed by atoms with E-state index in [1.807, 2.05) is 19.9 Å². The number of aryl methyl sites for hydroxylation is 2. The van der Waals surface area contributed by atoms with E-state index >= 15 is 0 Å². The van der Waals surface area contributed by atoms with Gasteiger partial charge in [-0.15, -0.1) is 9.24 Å². The molecule has 0 spiro atoms. The van der Waals surface area contributed by atoms with Crippen LogP contribution in [-0.4, -0.2) is 14.7 Å². The highest BCUT2D eigenvalue weighted by Gasteiger charge is 2.19. The quantitative estimate of drug-likeness (QED) is 0.646. The van der Waals surface area contributed by atoms with E-state index in [4.69, 9.17) is 4.98 Å². The lowest BCUT2D eigenvalue weighted by molar-refractivity contribution is 0.480. The van der Waals surface area contributed by atoms with E-state index in [-0.39, 0.29) is 23.7 Å². The lowest BCUT2D eigenvalue weighted by atomic mass is 10.1. The molecule has 1 aromatic heterocycles. The summed E-state index contributed by atoms with van der Waals surface area (Å²) >= 11 is 0. The molecule has 6 heteroatoms. The van der Waals surface area contributed by atoms with Gasteiger partial charge in [0.1, 0.15) is 17.4 Å². The van der Waals surface area contributed by atoms with Crippen molar-refractivity contribution in [3.63, 3.8) is 0 Å². The van der Waals surface area contributed by atoms with E-state index in [1.54, 1.807) is 34.9 Å². The molecular weight excluding hydrogens is 374 g/mol. The number of phenolic OH excluding ortho intramolecular Hbond substituents is 1. The van der Waals surface area contributed by atoms with Crippen molar-refractivity contribution in [2.45, 2.75) is 39.7 Å². The van der Waals surface area contributed by atoms with Gasteiger partial charge in [0.2, 0.25) is 0 Å². The second-order valence-electron chi connectivity index (χ2n) is 6.61. The second-order valence-corrected chi connectivity index (χ2v) is 7.23. The highest BCUT2D eigenvalue weighted by molar-refractivity contribution is 7.27.